The number of hydrogen-bond donors (Lipinski definition) is 1. The minimum Gasteiger partial charge on any atom is -0.419 e. The number of nitrogens with one attached hydrogen (secondary N) is 1. The van der Waals surface area contributed by atoms with Gasteiger partial charge >= 0.3 is 0 Å². The Morgan fingerprint density at radius 1 is 1.18 bits per heavy atom. The van der Waals surface area contributed by atoms with E-state index in [1.54, 1.807) is 6.07 Å². The van der Waals surface area contributed by atoms with E-state index in [1.165, 1.54) is 5.56 Å². The molecular weight excluding hydrogens is 366 g/mol. The highest BCUT2D eigenvalue weighted by atomic mass is 79.9. The summed E-state index contributed by atoms with van der Waals surface area (Å²) in [5.74, 6) is 0.924. The van der Waals surface area contributed by atoms with Crippen LogP contribution in [0.15, 0.2) is 51.4 Å². The molecular formula is C16H13BrClN3O. The van der Waals surface area contributed by atoms with Crippen molar-refractivity contribution in [2.24, 2.45) is 0 Å². The standard InChI is InChI=1S/C16H13BrClN3O/c1-10-6-7-14(12(17)8-10)19-9-15-20-21-16(22-15)11-4-2-3-5-13(11)18/h2-8,19H,9H2,1H3. The molecule has 3 aromatic rings. The summed E-state index contributed by atoms with van der Waals surface area (Å²) in [6.45, 7) is 2.49. The van der Waals surface area contributed by atoms with E-state index in [4.69, 9.17) is 16.0 Å². The van der Waals surface area contributed by atoms with Crippen molar-refractivity contribution < 1.29 is 4.42 Å². The Balaban J connectivity index is 1.74. The zero-order valence-electron chi connectivity index (χ0n) is 11.8. The maximum atomic E-state index is 6.13. The van der Waals surface area contributed by atoms with Crippen LogP contribution in [0.2, 0.25) is 5.02 Å². The van der Waals surface area contributed by atoms with Crippen molar-refractivity contribution in [1.29, 1.82) is 0 Å². The molecule has 4 nitrogen and oxygen atoms in total. The van der Waals surface area contributed by atoms with Gasteiger partial charge in [-0.15, -0.1) is 10.2 Å². The smallest absolute Gasteiger partial charge is 0.249 e. The molecule has 0 unspecified atom stereocenters. The quantitative estimate of drug-likeness (QED) is 0.688. The van der Waals surface area contributed by atoms with Gasteiger partial charge in [-0.1, -0.05) is 29.8 Å². The number of anilines is 1. The minimum atomic E-state index is 0.422. The van der Waals surface area contributed by atoms with Crippen LogP contribution in [0.25, 0.3) is 11.5 Å². The number of benzene rings is 2. The highest BCUT2D eigenvalue weighted by molar-refractivity contribution is 9.10. The molecule has 2 aromatic carbocycles. The Kier molecular flexibility index (Phi) is 4.45. The lowest BCUT2D eigenvalue weighted by molar-refractivity contribution is 0.515. The fourth-order valence-electron chi connectivity index (χ4n) is 2.00. The summed E-state index contributed by atoms with van der Waals surface area (Å²) >= 11 is 9.65. The van der Waals surface area contributed by atoms with Crippen LogP contribution in [-0.4, -0.2) is 10.2 Å². The largest absolute Gasteiger partial charge is 0.419 e. The Hall–Kier alpha value is -1.85. The van der Waals surface area contributed by atoms with E-state index < -0.39 is 0 Å². The average molecular weight is 379 g/mol. The first-order chi connectivity index (χ1) is 10.6. The van der Waals surface area contributed by atoms with Crippen molar-refractivity contribution in [3.63, 3.8) is 0 Å². The van der Waals surface area contributed by atoms with Crippen LogP contribution >= 0.6 is 27.5 Å². The molecule has 1 heterocycles. The van der Waals surface area contributed by atoms with E-state index in [2.05, 4.69) is 31.4 Å². The molecule has 6 heteroatoms. The Labute approximate surface area is 141 Å². The molecule has 0 radical (unpaired) electrons. The lowest BCUT2D eigenvalue weighted by Crippen LogP contribution is -2.00. The molecule has 0 aliphatic rings. The molecule has 22 heavy (non-hydrogen) atoms. The van der Waals surface area contributed by atoms with Gasteiger partial charge in [-0.2, -0.15) is 0 Å². The molecule has 0 spiro atoms. The summed E-state index contributed by atoms with van der Waals surface area (Å²) in [5, 5.41) is 11.9. The third-order valence-corrected chi connectivity index (χ3v) is 4.11. The summed E-state index contributed by atoms with van der Waals surface area (Å²) in [7, 11) is 0. The van der Waals surface area contributed by atoms with Crippen LogP contribution in [0.1, 0.15) is 11.5 Å². The molecule has 112 valence electrons. The second-order valence-corrected chi connectivity index (χ2v) is 6.08. The number of rotatable bonds is 4. The van der Waals surface area contributed by atoms with Crippen molar-refractivity contribution in [3.05, 3.63) is 63.4 Å². The van der Waals surface area contributed by atoms with Gasteiger partial charge in [-0.25, -0.2) is 0 Å². The van der Waals surface area contributed by atoms with E-state index >= 15 is 0 Å². The Bertz CT molecular complexity index is 804. The fraction of sp³-hybridized carbons (Fsp3) is 0.125. The first-order valence-electron chi connectivity index (χ1n) is 6.71. The molecule has 3 rings (SSSR count). The van der Waals surface area contributed by atoms with E-state index in [9.17, 15) is 0 Å². The van der Waals surface area contributed by atoms with Crippen molar-refractivity contribution >= 4 is 33.2 Å². The topological polar surface area (TPSA) is 51.0 Å². The van der Waals surface area contributed by atoms with Gasteiger partial charge < -0.3 is 9.73 Å². The van der Waals surface area contributed by atoms with Crippen LogP contribution in [0, 0.1) is 6.92 Å². The average Bonchev–Trinajstić information content (AvgIpc) is 2.95. The van der Waals surface area contributed by atoms with Gasteiger partial charge in [0.2, 0.25) is 11.8 Å². The summed E-state index contributed by atoms with van der Waals surface area (Å²) < 4.78 is 6.65. The van der Waals surface area contributed by atoms with Crippen LogP contribution in [0.4, 0.5) is 5.69 Å². The van der Waals surface area contributed by atoms with Gasteiger partial charge in [-0.05, 0) is 52.7 Å². The van der Waals surface area contributed by atoms with Crippen LogP contribution < -0.4 is 5.32 Å². The number of nitrogens with zero attached hydrogens (tertiary/aromatic N) is 2. The first kappa shape index (κ1) is 15.1. The summed E-state index contributed by atoms with van der Waals surface area (Å²) in [5.41, 5.74) is 2.90. The SMILES string of the molecule is Cc1ccc(NCc2nnc(-c3ccccc3Cl)o2)c(Br)c1. The first-order valence-corrected chi connectivity index (χ1v) is 7.88. The molecule has 0 saturated carbocycles. The lowest BCUT2D eigenvalue weighted by atomic mass is 10.2. The molecule has 1 N–H and O–H groups in total. The minimum absolute atomic E-state index is 0.422. The maximum Gasteiger partial charge on any atom is 0.249 e. The van der Waals surface area contributed by atoms with Gasteiger partial charge in [-0.3, -0.25) is 0 Å². The van der Waals surface area contributed by atoms with Crippen molar-refractivity contribution in [2.75, 3.05) is 5.32 Å². The molecule has 1 aromatic heterocycles. The zero-order valence-corrected chi connectivity index (χ0v) is 14.1. The Morgan fingerprint density at radius 3 is 2.77 bits per heavy atom. The number of halogens is 2. The van der Waals surface area contributed by atoms with Crippen molar-refractivity contribution in [2.45, 2.75) is 13.5 Å². The lowest BCUT2D eigenvalue weighted by Gasteiger charge is -2.06. The maximum absolute atomic E-state index is 6.13. The molecule has 0 aliphatic carbocycles. The predicted molar refractivity (Wildman–Crippen MR) is 90.9 cm³/mol. The zero-order chi connectivity index (χ0) is 15.5. The van der Waals surface area contributed by atoms with Gasteiger partial charge in [0, 0.05) is 10.2 Å². The highest BCUT2D eigenvalue weighted by Crippen LogP contribution is 2.27. The molecule has 0 atom stereocenters. The van der Waals surface area contributed by atoms with Crippen LogP contribution in [0.5, 0.6) is 0 Å². The van der Waals surface area contributed by atoms with E-state index in [-0.39, 0.29) is 0 Å². The van der Waals surface area contributed by atoms with E-state index in [0.717, 1.165) is 15.7 Å². The van der Waals surface area contributed by atoms with Gasteiger partial charge in [0.1, 0.15) is 0 Å². The van der Waals surface area contributed by atoms with E-state index in [0.29, 0.717) is 23.3 Å². The molecule has 0 bridgehead atoms. The van der Waals surface area contributed by atoms with Gasteiger partial charge in [0.05, 0.1) is 17.1 Å². The van der Waals surface area contributed by atoms with Crippen LogP contribution in [0.3, 0.4) is 0 Å². The van der Waals surface area contributed by atoms with Crippen LogP contribution in [-0.2, 0) is 6.54 Å². The molecule has 0 aliphatic heterocycles. The number of aromatic nitrogens is 2. The summed E-state index contributed by atoms with van der Waals surface area (Å²) in [4.78, 5) is 0. The third-order valence-electron chi connectivity index (χ3n) is 3.13. The van der Waals surface area contributed by atoms with E-state index in [1.807, 2.05) is 43.3 Å². The van der Waals surface area contributed by atoms with Gasteiger partial charge in [0.25, 0.3) is 0 Å². The highest BCUT2D eigenvalue weighted by Gasteiger charge is 2.11. The second-order valence-electron chi connectivity index (χ2n) is 4.82. The fourth-order valence-corrected chi connectivity index (χ4v) is 2.85. The normalized spacial score (nSPS) is 10.7. The van der Waals surface area contributed by atoms with Crippen molar-refractivity contribution in [1.82, 2.24) is 10.2 Å². The van der Waals surface area contributed by atoms with Crippen molar-refractivity contribution in [3.8, 4) is 11.5 Å². The number of hydrogen-bond acceptors (Lipinski definition) is 4. The van der Waals surface area contributed by atoms with Gasteiger partial charge in [0.15, 0.2) is 0 Å². The predicted octanol–water partition coefficient (Wildman–Crippen LogP) is 5.07. The Morgan fingerprint density at radius 2 is 2.00 bits per heavy atom. The summed E-state index contributed by atoms with van der Waals surface area (Å²) in [6.07, 6.45) is 0. The monoisotopic (exact) mass is 377 g/mol. The number of aryl methyl sites for hydroxylation is 1. The second kappa shape index (κ2) is 6.50. The third kappa shape index (κ3) is 3.31. The molecule has 0 amide bonds. The molecule has 0 fully saturated rings. The molecule has 0 saturated heterocycles. The summed E-state index contributed by atoms with van der Waals surface area (Å²) in [6, 6.07) is 13.5.